The largest absolute Gasteiger partial charge is 0.313 e. The highest BCUT2D eigenvalue weighted by Crippen LogP contribution is 2.14. The molecule has 16 heavy (non-hydrogen) atoms. The number of hydrogen-bond donors (Lipinski definition) is 0. The van der Waals surface area contributed by atoms with Crippen LogP contribution in [0, 0.1) is 0 Å². The third-order valence-corrected chi connectivity index (χ3v) is 2.55. The molecule has 0 aliphatic heterocycles. The van der Waals surface area contributed by atoms with Crippen molar-refractivity contribution in [3.8, 4) is 11.1 Å². The molecule has 0 aromatic carbocycles. The van der Waals surface area contributed by atoms with E-state index in [0.717, 1.165) is 5.56 Å². The number of nitrogens with zero attached hydrogens (tertiary/aromatic N) is 3. The normalized spacial score (nSPS) is 11.0. The van der Waals surface area contributed by atoms with Crippen LogP contribution < -0.4 is 5.56 Å². The quantitative estimate of drug-likeness (QED) is 0.770. The van der Waals surface area contributed by atoms with E-state index in [0.29, 0.717) is 5.56 Å². The Kier molecular flexibility index (Phi) is 2.64. The van der Waals surface area contributed by atoms with Gasteiger partial charge in [0.05, 0.1) is 11.8 Å². The molecule has 0 amide bonds. The second kappa shape index (κ2) is 3.96. The van der Waals surface area contributed by atoms with Gasteiger partial charge in [-0.25, -0.2) is 0 Å². The third-order valence-electron chi connectivity index (χ3n) is 2.55. The van der Waals surface area contributed by atoms with Crippen LogP contribution in [0.3, 0.4) is 0 Å². The Morgan fingerprint density at radius 2 is 2.12 bits per heavy atom. The van der Waals surface area contributed by atoms with Gasteiger partial charge in [0.2, 0.25) is 0 Å². The van der Waals surface area contributed by atoms with Crippen molar-refractivity contribution < 1.29 is 0 Å². The molecule has 0 unspecified atom stereocenters. The summed E-state index contributed by atoms with van der Waals surface area (Å²) >= 11 is 0. The van der Waals surface area contributed by atoms with Gasteiger partial charge in [-0.15, -0.1) is 0 Å². The first-order chi connectivity index (χ1) is 7.59. The lowest BCUT2D eigenvalue weighted by atomic mass is 10.1. The average Bonchev–Trinajstić information content (AvgIpc) is 2.64. The van der Waals surface area contributed by atoms with Crippen LogP contribution in [-0.4, -0.2) is 14.3 Å². The summed E-state index contributed by atoms with van der Waals surface area (Å²) in [6.07, 6.45) is 5.37. The van der Waals surface area contributed by atoms with E-state index in [9.17, 15) is 4.79 Å². The van der Waals surface area contributed by atoms with Crippen molar-refractivity contribution in [1.29, 1.82) is 0 Å². The summed E-state index contributed by atoms with van der Waals surface area (Å²) in [7, 11) is 1.84. The number of rotatable bonds is 2. The van der Waals surface area contributed by atoms with Gasteiger partial charge in [-0.2, -0.15) is 5.10 Å². The second-order valence-corrected chi connectivity index (χ2v) is 4.13. The van der Waals surface area contributed by atoms with Crippen LogP contribution in [-0.2, 0) is 7.05 Å². The minimum absolute atomic E-state index is 0.0329. The lowest BCUT2D eigenvalue weighted by Crippen LogP contribution is -2.22. The molecule has 0 aliphatic rings. The Morgan fingerprint density at radius 1 is 1.38 bits per heavy atom. The summed E-state index contributed by atoms with van der Waals surface area (Å²) in [5, 5.41) is 4.08. The van der Waals surface area contributed by atoms with Crippen molar-refractivity contribution in [3.63, 3.8) is 0 Å². The monoisotopic (exact) mass is 217 g/mol. The first kappa shape index (κ1) is 10.7. The molecule has 2 heterocycles. The van der Waals surface area contributed by atoms with Gasteiger partial charge in [0.25, 0.3) is 5.56 Å². The highest BCUT2D eigenvalue weighted by Gasteiger charge is 2.08. The Hall–Kier alpha value is -1.84. The lowest BCUT2D eigenvalue weighted by Gasteiger charge is -2.10. The molecule has 0 fully saturated rings. The molecule has 0 aliphatic carbocycles. The maximum atomic E-state index is 12.1. The van der Waals surface area contributed by atoms with Crippen LogP contribution in [0.4, 0.5) is 0 Å². The van der Waals surface area contributed by atoms with E-state index in [-0.39, 0.29) is 11.6 Å². The van der Waals surface area contributed by atoms with Gasteiger partial charge in [-0.05, 0) is 26.0 Å². The van der Waals surface area contributed by atoms with Crippen molar-refractivity contribution in [2.45, 2.75) is 19.9 Å². The minimum Gasteiger partial charge on any atom is -0.313 e. The number of aromatic nitrogens is 3. The van der Waals surface area contributed by atoms with Gasteiger partial charge in [0.1, 0.15) is 0 Å². The van der Waals surface area contributed by atoms with Crippen LogP contribution in [0.5, 0.6) is 0 Å². The highest BCUT2D eigenvalue weighted by molar-refractivity contribution is 5.60. The summed E-state index contributed by atoms with van der Waals surface area (Å²) in [4.78, 5) is 12.1. The van der Waals surface area contributed by atoms with Gasteiger partial charge in [-0.1, -0.05) is 0 Å². The van der Waals surface area contributed by atoms with Gasteiger partial charge in [-0.3, -0.25) is 9.48 Å². The van der Waals surface area contributed by atoms with Gasteiger partial charge < -0.3 is 4.57 Å². The van der Waals surface area contributed by atoms with E-state index in [1.807, 2.05) is 45.4 Å². The third kappa shape index (κ3) is 1.78. The fourth-order valence-corrected chi connectivity index (χ4v) is 1.70. The van der Waals surface area contributed by atoms with E-state index in [4.69, 9.17) is 0 Å². The molecule has 2 rings (SSSR count). The molecule has 84 valence electrons. The molecular weight excluding hydrogens is 202 g/mol. The van der Waals surface area contributed by atoms with E-state index in [2.05, 4.69) is 5.10 Å². The molecule has 0 radical (unpaired) electrons. The topological polar surface area (TPSA) is 39.8 Å². The Labute approximate surface area is 94.1 Å². The van der Waals surface area contributed by atoms with Crippen LogP contribution >= 0.6 is 0 Å². The maximum Gasteiger partial charge on any atom is 0.258 e. The Morgan fingerprint density at radius 3 is 2.69 bits per heavy atom. The molecule has 2 aromatic rings. The molecule has 0 saturated carbocycles. The predicted octanol–water partition coefficient (Wildman–Crippen LogP) is 1.83. The zero-order valence-corrected chi connectivity index (χ0v) is 9.71. The molecule has 4 heteroatoms. The first-order valence-electron chi connectivity index (χ1n) is 5.30. The zero-order valence-electron chi connectivity index (χ0n) is 9.71. The second-order valence-electron chi connectivity index (χ2n) is 4.13. The maximum absolute atomic E-state index is 12.1. The SMILES string of the molecule is CC(C)n1cccc(-c2cnn(C)c2)c1=O. The number of pyridine rings is 1. The van der Waals surface area contributed by atoms with Crippen molar-refractivity contribution in [3.05, 3.63) is 41.1 Å². The van der Waals surface area contributed by atoms with Crippen LogP contribution in [0.15, 0.2) is 35.5 Å². The minimum atomic E-state index is 0.0329. The van der Waals surface area contributed by atoms with Crippen molar-refractivity contribution in [1.82, 2.24) is 14.3 Å². The molecular formula is C12H15N3O. The predicted molar refractivity (Wildman–Crippen MR) is 63.3 cm³/mol. The Bertz CT molecular complexity index is 551. The van der Waals surface area contributed by atoms with Crippen molar-refractivity contribution >= 4 is 0 Å². The van der Waals surface area contributed by atoms with E-state index in [1.54, 1.807) is 15.4 Å². The summed E-state index contributed by atoms with van der Waals surface area (Å²) in [5.41, 5.74) is 1.59. The van der Waals surface area contributed by atoms with Crippen molar-refractivity contribution in [2.75, 3.05) is 0 Å². The first-order valence-corrected chi connectivity index (χ1v) is 5.30. The summed E-state index contributed by atoms with van der Waals surface area (Å²) in [5.74, 6) is 0. The molecule has 2 aromatic heterocycles. The summed E-state index contributed by atoms with van der Waals surface area (Å²) in [6.45, 7) is 3.99. The molecule has 0 saturated heterocycles. The average molecular weight is 217 g/mol. The summed E-state index contributed by atoms with van der Waals surface area (Å²) < 4.78 is 3.42. The van der Waals surface area contributed by atoms with Gasteiger partial charge >= 0.3 is 0 Å². The van der Waals surface area contributed by atoms with Crippen LogP contribution in [0.25, 0.3) is 11.1 Å². The number of aryl methyl sites for hydroxylation is 1. The fourth-order valence-electron chi connectivity index (χ4n) is 1.70. The molecule has 0 atom stereocenters. The van der Waals surface area contributed by atoms with E-state index in [1.165, 1.54) is 0 Å². The zero-order chi connectivity index (χ0) is 11.7. The van der Waals surface area contributed by atoms with Crippen LogP contribution in [0.1, 0.15) is 19.9 Å². The van der Waals surface area contributed by atoms with Gasteiger partial charge in [0.15, 0.2) is 0 Å². The standard InChI is InChI=1S/C12H15N3O/c1-9(2)15-6-4-5-11(12(15)16)10-7-13-14(3)8-10/h4-9H,1-3H3. The molecule has 0 bridgehead atoms. The summed E-state index contributed by atoms with van der Waals surface area (Å²) in [6, 6.07) is 3.89. The molecule has 0 spiro atoms. The van der Waals surface area contributed by atoms with E-state index >= 15 is 0 Å². The highest BCUT2D eigenvalue weighted by atomic mass is 16.1. The lowest BCUT2D eigenvalue weighted by molar-refractivity contribution is 0.579. The Balaban J connectivity index is 2.59. The van der Waals surface area contributed by atoms with E-state index < -0.39 is 0 Å². The molecule has 0 N–H and O–H groups in total. The smallest absolute Gasteiger partial charge is 0.258 e. The molecule has 4 nitrogen and oxygen atoms in total. The van der Waals surface area contributed by atoms with Gasteiger partial charge in [0, 0.05) is 31.0 Å². The van der Waals surface area contributed by atoms with Crippen molar-refractivity contribution in [2.24, 2.45) is 7.05 Å². The fraction of sp³-hybridized carbons (Fsp3) is 0.333. The van der Waals surface area contributed by atoms with Crippen LogP contribution in [0.2, 0.25) is 0 Å². The number of hydrogen-bond acceptors (Lipinski definition) is 2.